The van der Waals surface area contributed by atoms with Gasteiger partial charge in [-0.2, -0.15) is 0 Å². The Balaban J connectivity index is 2.09. The van der Waals surface area contributed by atoms with E-state index in [1.807, 2.05) is 6.92 Å². The highest BCUT2D eigenvalue weighted by atomic mass is 35.5. The number of ether oxygens (including phenoxy) is 1. The topological polar surface area (TPSA) is 46.6 Å². The summed E-state index contributed by atoms with van der Waals surface area (Å²) in [7, 11) is -3.46. The van der Waals surface area contributed by atoms with Crippen molar-refractivity contribution >= 4 is 33.0 Å². The van der Waals surface area contributed by atoms with Crippen LogP contribution in [0.2, 0.25) is 0 Å². The van der Waals surface area contributed by atoms with E-state index in [-0.39, 0.29) is 16.8 Å². The maximum atomic E-state index is 12.8. The highest BCUT2D eigenvalue weighted by molar-refractivity contribution is 7.95. The Labute approximate surface area is 155 Å². The van der Waals surface area contributed by atoms with Crippen LogP contribution in [0, 0.1) is 0 Å². The van der Waals surface area contributed by atoms with Crippen LogP contribution in [0.3, 0.4) is 0 Å². The van der Waals surface area contributed by atoms with Gasteiger partial charge in [0, 0.05) is 29.2 Å². The lowest BCUT2D eigenvalue weighted by Gasteiger charge is -2.43. The monoisotopic (exact) mass is 395 g/mol. The molecule has 2 atom stereocenters. The Hall–Kier alpha value is -0.0700. The van der Waals surface area contributed by atoms with Gasteiger partial charge in [-0.05, 0) is 32.3 Å². The lowest BCUT2D eigenvalue weighted by Crippen LogP contribution is -2.53. The lowest BCUT2D eigenvalue weighted by atomic mass is 9.90. The largest absolute Gasteiger partial charge is 0.375 e. The summed E-state index contributed by atoms with van der Waals surface area (Å²) in [5.41, 5.74) is 0. The molecular weight excluding hydrogens is 369 g/mol. The minimum absolute atomic E-state index is 0.0580. The van der Waals surface area contributed by atoms with Gasteiger partial charge in [-0.15, -0.1) is 0 Å². The van der Waals surface area contributed by atoms with Crippen LogP contribution in [0.25, 0.3) is 0 Å². The third-order valence-electron chi connectivity index (χ3n) is 4.74. The van der Waals surface area contributed by atoms with Crippen molar-refractivity contribution < 1.29 is 13.2 Å². The van der Waals surface area contributed by atoms with E-state index in [2.05, 4.69) is 4.90 Å². The number of morpholine rings is 1. The quantitative estimate of drug-likeness (QED) is 0.636. The first-order valence-electron chi connectivity index (χ1n) is 8.66. The number of allylic oxidation sites excluding steroid dienone is 3. The van der Waals surface area contributed by atoms with Gasteiger partial charge in [0.15, 0.2) is 9.84 Å². The summed E-state index contributed by atoms with van der Waals surface area (Å²) in [6.07, 6.45) is 6.75. The van der Waals surface area contributed by atoms with E-state index in [1.54, 1.807) is 6.92 Å². The first-order valence-corrected chi connectivity index (χ1v) is 11.1. The summed E-state index contributed by atoms with van der Waals surface area (Å²) in [6, 6.07) is 0.349. The molecule has 24 heavy (non-hydrogen) atoms. The molecule has 0 radical (unpaired) electrons. The molecule has 0 N–H and O–H groups in total. The van der Waals surface area contributed by atoms with Gasteiger partial charge < -0.3 is 4.74 Å². The number of hydrogen-bond acceptors (Lipinski definition) is 4. The van der Waals surface area contributed by atoms with Crippen LogP contribution in [0.15, 0.2) is 21.0 Å². The zero-order valence-electron chi connectivity index (χ0n) is 14.4. The second-order valence-electron chi connectivity index (χ2n) is 6.47. The zero-order chi connectivity index (χ0) is 17.7. The number of halogens is 2. The fourth-order valence-corrected chi connectivity index (χ4v) is 5.61. The fourth-order valence-electron chi connectivity index (χ4n) is 3.49. The zero-order valence-corrected chi connectivity index (χ0v) is 16.8. The molecule has 1 saturated heterocycles. The summed E-state index contributed by atoms with van der Waals surface area (Å²) < 4.78 is 31.4. The first kappa shape index (κ1) is 20.2. The third kappa shape index (κ3) is 5.21. The summed E-state index contributed by atoms with van der Waals surface area (Å²) in [5.74, 6) is 0.0580. The van der Waals surface area contributed by atoms with Crippen molar-refractivity contribution in [1.29, 1.82) is 0 Å². The molecule has 2 unspecified atom stereocenters. The van der Waals surface area contributed by atoms with Crippen LogP contribution in [0.1, 0.15) is 46.0 Å². The molecule has 1 heterocycles. The molecule has 1 aliphatic carbocycles. The molecule has 0 amide bonds. The van der Waals surface area contributed by atoms with E-state index < -0.39 is 9.84 Å². The number of nitrogens with zero attached hydrogens (tertiary/aromatic N) is 1. The standard InChI is InChI=1S/C17H27Cl2NO3S/c1-3-14(19)17(12-13(2)18)24(21,22)11-9-20-8-10-23-16-7-5-4-6-15(16)20/h12,15-16H,3-11H2,1-2H3/b13-12+,17-14-. The molecule has 2 aliphatic rings. The first-order chi connectivity index (χ1) is 11.3. The van der Waals surface area contributed by atoms with E-state index in [9.17, 15) is 8.42 Å². The van der Waals surface area contributed by atoms with E-state index in [0.29, 0.717) is 35.7 Å². The highest BCUT2D eigenvalue weighted by Gasteiger charge is 2.34. The van der Waals surface area contributed by atoms with Gasteiger partial charge in [0.25, 0.3) is 0 Å². The van der Waals surface area contributed by atoms with E-state index in [4.69, 9.17) is 27.9 Å². The summed E-state index contributed by atoms with van der Waals surface area (Å²) >= 11 is 12.1. The second kappa shape index (κ2) is 9.04. The van der Waals surface area contributed by atoms with Gasteiger partial charge in [0.05, 0.1) is 23.4 Å². The summed E-state index contributed by atoms with van der Waals surface area (Å²) in [4.78, 5) is 2.44. The van der Waals surface area contributed by atoms with Crippen LogP contribution in [0.5, 0.6) is 0 Å². The van der Waals surface area contributed by atoms with Crippen molar-refractivity contribution in [3.8, 4) is 0 Å². The van der Waals surface area contributed by atoms with Crippen molar-refractivity contribution in [3.05, 3.63) is 21.0 Å². The predicted octanol–water partition coefficient (Wildman–Crippen LogP) is 4.05. The second-order valence-corrected chi connectivity index (χ2v) is 9.60. The van der Waals surface area contributed by atoms with Gasteiger partial charge in [0.2, 0.25) is 0 Å². The van der Waals surface area contributed by atoms with E-state index in [0.717, 1.165) is 19.4 Å². The van der Waals surface area contributed by atoms with Crippen molar-refractivity contribution in [1.82, 2.24) is 4.90 Å². The van der Waals surface area contributed by atoms with Crippen molar-refractivity contribution in [2.24, 2.45) is 0 Å². The Bertz CT molecular complexity index is 595. The molecule has 0 spiro atoms. The summed E-state index contributed by atoms with van der Waals surface area (Å²) in [5, 5.41) is 0.756. The van der Waals surface area contributed by atoms with Gasteiger partial charge in [-0.1, -0.05) is 43.0 Å². The molecule has 2 fully saturated rings. The predicted molar refractivity (Wildman–Crippen MR) is 100 cm³/mol. The SMILES string of the molecule is CC/C(Cl)=C(\C=C(/C)Cl)S(=O)(=O)CCN1CCOC2CCCCC21. The number of sulfone groups is 1. The van der Waals surface area contributed by atoms with Crippen LogP contribution in [-0.2, 0) is 14.6 Å². The Morgan fingerprint density at radius 3 is 2.67 bits per heavy atom. The lowest BCUT2D eigenvalue weighted by molar-refractivity contribution is -0.0859. The summed E-state index contributed by atoms with van der Waals surface area (Å²) in [6.45, 7) is 5.48. The van der Waals surface area contributed by atoms with E-state index >= 15 is 0 Å². The molecule has 2 rings (SSSR count). The maximum Gasteiger partial charge on any atom is 0.180 e. The minimum atomic E-state index is -3.46. The number of hydrogen-bond donors (Lipinski definition) is 0. The van der Waals surface area contributed by atoms with Crippen LogP contribution >= 0.6 is 23.2 Å². The van der Waals surface area contributed by atoms with Crippen molar-refractivity contribution in [3.63, 3.8) is 0 Å². The van der Waals surface area contributed by atoms with Crippen LogP contribution in [-0.4, -0.2) is 50.9 Å². The number of rotatable bonds is 6. The Morgan fingerprint density at radius 1 is 1.29 bits per heavy atom. The molecule has 0 aromatic heterocycles. The molecule has 0 aromatic rings. The molecule has 0 bridgehead atoms. The van der Waals surface area contributed by atoms with Crippen molar-refractivity contribution in [2.45, 2.75) is 58.1 Å². The maximum absolute atomic E-state index is 12.8. The average molecular weight is 396 g/mol. The average Bonchev–Trinajstić information content (AvgIpc) is 2.57. The number of fused-ring (bicyclic) bond motifs is 1. The highest BCUT2D eigenvalue weighted by Crippen LogP contribution is 2.29. The fraction of sp³-hybridized carbons (Fsp3) is 0.765. The van der Waals surface area contributed by atoms with E-state index in [1.165, 1.54) is 18.9 Å². The molecule has 1 aliphatic heterocycles. The Morgan fingerprint density at radius 2 is 2.00 bits per heavy atom. The molecule has 4 nitrogen and oxygen atoms in total. The molecule has 0 aromatic carbocycles. The normalized spacial score (nSPS) is 27.6. The van der Waals surface area contributed by atoms with Gasteiger partial charge in [-0.25, -0.2) is 8.42 Å². The molecule has 7 heteroatoms. The van der Waals surface area contributed by atoms with Gasteiger partial charge in [0.1, 0.15) is 0 Å². The van der Waals surface area contributed by atoms with Crippen LogP contribution < -0.4 is 0 Å². The molecule has 138 valence electrons. The third-order valence-corrected chi connectivity index (χ3v) is 7.18. The molecule has 1 saturated carbocycles. The van der Waals surface area contributed by atoms with Crippen molar-refractivity contribution in [2.75, 3.05) is 25.4 Å². The van der Waals surface area contributed by atoms with Gasteiger partial charge >= 0.3 is 0 Å². The Kier molecular flexibility index (Phi) is 7.62. The van der Waals surface area contributed by atoms with Crippen LogP contribution in [0.4, 0.5) is 0 Å². The van der Waals surface area contributed by atoms with Gasteiger partial charge in [-0.3, -0.25) is 4.90 Å². The molecular formula is C17H27Cl2NO3S. The minimum Gasteiger partial charge on any atom is -0.375 e. The smallest absolute Gasteiger partial charge is 0.180 e.